The molecule has 1 aliphatic heterocycles. The normalized spacial score (nSPS) is 16.9. The van der Waals surface area contributed by atoms with Crippen LogP contribution in [-0.4, -0.2) is 45.9 Å². The third-order valence-electron chi connectivity index (χ3n) is 5.22. The first-order chi connectivity index (χ1) is 13.3. The van der Waals surface area contributed by atoms with Crippen LogP contribution in [0.5, 0.6) is 5.75 Å². The third kappa shape index (κ3) is 3.75. The van der Waals surface area contributed by atoms with Crippen LogP contribution in [0.2, 0.25) is 0 Å². The minimum atomic E-state index is -0.00491. The number of aliphatic hydroxyl groups excluding tert-OH is 1. The van der Waals surface area contributed by atoms with E-state index >= 15 is 0 Å². The highest BCUT2D eigenvalue weighted by molar-refractivity contribution is 5.64. The van der Waals surface area contributed by atoms with Crippen LogP contribution >= 0.6 is 0 Å². The molecule has 2 heterocycles. The fraction of sp³-hybridized carbons (Fsp3) is 0.318. The van der Waals surface area contributed by atoms with Gasteiger partial charge < -0.3 is 14.4 Å². The largest absolute Gasteiger partial charge is 0.490 e. The van der Waals surface area contributed by atoms with Crippen LogP contribution < -0.4 is 4.74 Å². The second-order valence-electron chi connectivity index (χ2n) is 7.01. The minimum absolute atomic E-state index is 0.00491. The average molecular weight is 363 g/mol. The van der Waals surface area contributed by atoms with Crippen molar-refractivity contribution in [3.8, 4) is 17.1 Å². The summed E-state index contributed by atoms with van der Waals surface area (Å²) in [4.78, 5) is 7.01. The lowest BCUT2D eigenvalue weighted by Crippen LogP contribution is -2.40. The molecule has 5 heteroatoms. The maximum absolute atomic E-state index is 9.08. The Hall–Kier alpha value is -2.63. The van der Waals surface area contributed by atoms with Gasteiger partial charge in [-0.3, -0.25) is 4.90 Å². The van der Waals surface area contributed by atoms with Crippen molar-refractivity contribution < 1.29 is 9.84 Å². The fourth-order valence-electron chi connectivity index (χ4n) is 3.78. The van der Waals surface area contributed by atoms with E-state index in [-0.39, 0.29) is 13.2 Å². The number of rotatable bonds is 6. The van der Waals surface area contributed by atoms with Crippen LogP contribution in [0, 0.1) is 0 Å². The maximum atomic E-state index is 9.08. The molecule has 0 aliphatic carbocycles. The summed E-state index contributed by atoms with van der Waals surface area (Å²) in [6.45, 7) is 2.12. The molecule has 2 aromatic carbocycles. The van der Waals surface area contributed by atoms with E-state index in [9.17, 15) is 0 Å². The van der Waals surface area contributed by atoms with Gasteiger partial charge >= 0.3 is 0 Å². The Balaban J connectivity index is 1.59. The number of para-hydroxylation sites is 1. The van der Waals surface area contributed by atoms with Crippen molar-refractivity contribution in [3.63, 3.8) is 0 Å². The zero-order valence-electron chi connectivity index (χ0n) is 15.6. The highest BCUT2D eigenvalue weighted by Crippen LogP contribution is 2.30. The van der Waals surface area contributed by atoms with Crippen LogP contribution in [0.15, 0.2) is 60.9 Å². The van der Waals surface area contributed by atoms with Crippen molar-refractivity contribution in [2.45, 2.75) is 25.6 Å². The molecule has 0 fully saturated rings. The molecule has 0 saturated heterocycles. The molecule has 1 N–H and O–H groups in total. The molecule has 0 unspecified atom stereocenters. The average Bonchev–Trinajstić information content (AvgIpc) is 3.15. The van der Waals surface area contributed by atoms with Gasteiger partial charge in [0.15, 0.2) is 0 Å². The number of benzene rings is 2. The van der Waals surface area contributed by atoms with Gasteiger partial charge in [0.05, 0.1) is 12.2 Å². The van der Waals surface area contributed by atoms with Crippen LogP contribution in [0.4, 0.5) is 0 Å². The van der Waals surface area contributed by atoms with E-state index < -0.39 is 0 Å². The number of ether oxygens (including phenoxy) is 1. The standard InChI is InChI=1S/C22H25N3O2/c1-24-15-18-7-3-2-6-17(18)14-19(24)16-25-11-10-23-22(25)20-8-4-5-9-21(20)27-13-12-26/h2-11,19,26H,12-16H2,1H3/t19-/m1/s1. The number of imidazole rings is 1. The number of hydrogen-bond acceptors (Lipinski definition) is 4. The Morgan fingerprint density at radius 2 is 1.89 bits per heavy atom. The van der Waals surface area contributed by atoms with Crippen molar-refractivity contribution in [2.24, 2.45) is 0 Å². The van der Waals surface area contributed by atoms with Gasteiger partial charge in [0.25, 0.3) is 0 Å². The van der Waals surface area contributed by atoms with Gasteiger partial charge in [-0.25, -0.2) is 4.98 Å². The Kier molecular flexibility index (Phi) is 5.23. The molecule has 0 bridgehead atoms. The third-order valence-corrected chi connectivity index (χ3v) is 5.22. The molecule has 0 radical (unpaired) electrons. The van der Waals surface area contributed by atoms with Crippen LogP contribution in [-0.2, 0) is 19.5 Å². The van der Waals surface area contributed by atoms with E-state index in [1.54, 1.807) is 0 Å². The second kappa shape index (κ2) is 7.94. The first kappa shape index (κ1) is 17.8. The summed E-state index contributed by atoms with van der Waals surface area (Å²) >= 11 is 0. The molecule has 1 aromatic heterocycles. The number of hydrogen-bond donors (Lipinski definition) is 1. The van der Waals surface area contributed by atoms with E-state index in [4.69, 9.17) is 9.84 Å². The van der Waals surface area contributed by atoms with E-state index in [2.05, 4.69) is 45.8 Å². The predicted molar refractivity (Wildman–Crippen MR) is 106 cm³/mol. The second-order valence-corrected chi connectivity index (χ2v) is 7.01. The molecule has 1 aliphatic rings. The molecule has 27 heavy (non-hydrogen) atoms. The first-order valence-electron chi connectivity index (χ1n) is 9.37. The number of likely N-dealkylation sites (N-methyl/N-ethyl adjacent to an activating group) is 1. The molecule has 0 spiro atoms. The lowest BCUT2D eigenvalue weighted by molar-refractivity contribution is 0.194. The van der Waals surface area contributed by atoms with Crippen molar-refractivity contribution in [1.29, 1.82) is 0 Å². The van der Waals surface area contributed by atoms with Gasteiger partial charge in [0.2, 0.25) is 0 Å². The van der Waals surface area contributed by atoms with E-state index in [1.807, 2.05) is 36.7 Å². The van der Waals surface area contributed by atoms with Gasteiger partial charge in [-0.2, -0.15) is 0 Å². The summed E-state index contributed by atoms with van der Waals surface area (Å²) in [6, 6.07) is 17.0. The zero-order valence-corrected chi connectivity index (χ0v) is 15.6. The van der Waals surface area contributed by atoms with Gasteiger partial charge in [-0.15, -0.1) is 0 Å². The van der Waals surface area contributed by atoms with E-state index in [0.29, 0.717) is 6.04 Å². The summed E-state index contributed by atoms with van der Waals surface area (Å²) in [6.07, 6.45) is 4.91. The molecule has 0 saturated carbocycles. The van der Waals surface area contributed by atoms with Crippen LogP contribution in [0.3, 0.4) is 0 Å². The SMILES string of the molecule is CN1Cc2ccccc2C[C@@H]1Cn1ccnc1-c1ccccc1OCCO. The highest BCUT2D eigenvalue weighted by atomic mass is 16.5. The number of fused-ring (bicyclic) bond motifs is 1. The van der Waals surface area contributed by atoms with Gasteiger partial charge in [0.1, 0.15) is 18.2 Å². The summed E-state index contributed by atoms with van der Waals surface area (Å²) in [7, 11) is 2.19. The topological polar surface area (TPSA) is 50.5 Å². The molecular formula is C22H25N3O2. The van der Waals surface area contributed by atoms with Crippen molar-refractivity contribution in [1.82, 2.24) is 14.5 Å². The highest BCUT2D eigenvalue weighted by Gasteiger charge is 2.24. The van der Waals surface area contributed by atoms with E-state index in [0.717, 1.165) is 36.6 Å². The summed E-state index contributed by atoms with van der Waals surface area (Å²) in [5, 5.41) is 9.08. The molecule has 3 aromatic rings. The molecule has 5 nitrogen and oxygen atoms in total. The Bertz CT molecular complexity index is 906. The van der Waals surface area contributed by atoms with Crippen molar-refractivity contribution in [3.05, 3.63) is 72.1 Å². The molecular weight excluding hydrogens is 338 g/mol. The number of aromatic nitrogens is 2. The quantitative estimate of drug-likeness (QED) is 0.732. The van der Waals surface area contributed by atoms with Crippen molar-refractivity contribution >= 4 is 0 Å². The predicted octanol–water partition coefficient (Wildman–Crippen LogP) is 2.98. The Morgan fingerprint density at radius 3 is 2.74 bits per heavy atom. The maximum Gasteiger partial charge on any atom is 0.143 e. The van der Waals surface area contributed by atoms with Crippen molar-refractivity contribution in [2.75, 3.05) is 20.3 Å². The summed E-state index contributed by atoms with van der Waals surface area (Å²) < 4.78 is 7.91. The minimum Gasteiger partial charge on any atom is -0.490 e. The zero-order chi connectivity index (χ0) is 18.6. The lowest BCUT2D eigenvalue weighted by Gasteiger charge is -2.34. The first-order valence-corrected chi connectivity index (χ1v) is 9.37. The number of nitrogens with zero attached hydrogens (tertiary/aromatic N) is 3. The fourth-order valence-corrected chi connectivity index (χ4v) is 3.78. The van der Waals surface area contributed by atoms with Gasteiger partial charge in [0, 0.05) is 31.5 Å². The Morgan fingerprint density at radius 1 is 1.11 bits per heavy atom. The molecule has 1 atom stereocenters. The Labute approximate surface area is 159 Å². The molecule has 4 rings (SSSR count). The lowest BCUT2D eigenvalue weighted by atomic mass is 9.94. The van der Waals surface area contributed by atoms with Gasteiger partial charge in [-0.05, 0) is 36.7 Å². The van der Waals surface area contributed by atoms with E-state index in [1.165, 1.54) is 11.1 Å². The number of aliphatic hydroxyl groups is 1. The smallest absolute Gasteiger partial charge is 0.143 e. The summed E-state index contributed by atoms with van der Waals surface area (Å²) in [5.41, 5.74) is 3.81. The summed E-state index contributed by atoms with van der Waals surface area (Å²) in [5.74, 6) is 1.65. The van der Waals surface area contributed by atoms with Gasteiger partial charge in [-0.1, -0.05) is 36.4 Å². The monoisotopic (exact) mass is 363 g/mol. The molecule has 140 valence electrons. The molecule has 0 amide bonds. The van der Waals surface area contributed by atoms with Crippen LogP contribution in [0.1, 0.15) is 11.1 Å². The van der Waals surface area contributed by atoms with Crippen LogP contribution in [0.25, 0.3) is 11.4 Å².